The molecule has 0 amide bonds. The van der Waals surface area contributed by atoms with Gasteiger partial charge in [0.05, 0.1) is 84.4 Å². The van der Waals surface area contributed by atoms with E-state index in [0.717, 1.165) is 72.6 Å². The number of pyridine rings is 10. The van der Waals surface area contributed by atoms with Crippen LogP contribution in [0.15, 0.2) is 262 Å². The summed E-state index contributed by atoms with van der Waals surface area (Å²) in [6.07, 6.45) is 19.6. The predicted octanol–water partition coefficient (Wildman–Crippen LogP) is 23.7. The van der Waals surface area contributed by atoms with Crippen LogP contribution in [0.25, 0.3) is 176 Å². The van der Waals surface area contributed by atoms with E-state index in [4.69, 9.17) is 25.0 Å². The Labute approximate surface area is 797 Å². The van der Waals surface area contributed by atoms with E-state index in [1.165, 1.54) is 226 Å². The summed E-state index contributed by atoms with van der Waals surface area (Å²) in [6.45, 7) is 36.3. The molecule has 674 valence electrons. The van der Waals surface area contributed by atoms with Crippen molar-refractivity contribution in [3.63, 3.8) is 0 Å². The maximum atomic E-state index is 4.82. The Morgan fingerprint density at radius 2 is 0.826 bits per heavy atom. The summed E-state index contributed by atoms with van der Waals surface area (Å²) in [5.74, 6) is 3.30. The Hall–Kier alpha value is -15.5. The summed E-state index contributed by atoms with van der Waals surface area (Å²) in [6, 6.07) is 75.0. The number of benzene rings is 9. The van der Waals surface area contributed by atoms with Gasteiger partial charge in [-0.25, -0.2) is 28.7 Å². The number of likely N-dealkylation sites (N-methyl/N-ethyl adjacent to an activating group) is 1. The topological polar surface area (TPSA) is 140 Å². The smallest absolute Gasteiger partial charge is 0.296 e. The molecule has 0 saturated carbocycles. The molecule has 19 nitrogen and oxygen atoms in total. The van der Waals surface area contributed by atoms with Gasteiger partial charge in [-0.2, -0.15) is 4.40 Å². The van der Waals surface area contributed by atoms with Gasteiger partial charge in [0, 0.05) is 127 Å². The minimum absolute atomic E-state index is 0.430. The SMILES string of the molecule is CC(C)c1c[n+]2c3c4c(cccc4c4cccnc4n13)C2.CC(C)c1ccc2c3c1-c1ncccc1C1=CN(C)C(C2)N13.CC(C)c1ccc2c3c1c1nccc(C(C)C)c1n1nc[n+](c31)C2.CC(C)c1cccc2c1c1c3ncccc3c3cccc4c3[n+]1n2C4.CC(C)c1cccc2c3cccc4c3[n+]3c(c5ncccc5n3C4)c12.CC(C)c1cccc2c3cccc4c3c3n(nc[n+]3C4)c12. The average Bonchev–Trinajstić information content (AvgIpc) is 1.54. The second kappa shape index (κ2) is 30.2. The number of hydrogen-bond donors (Lipinski definition) is 0. The number of imidazole rings is 1. The van der Waals surface area contributed by atoms with E-state index in [2.05, 4.69) is 364 Å². The Kier molecular flexibility index (Phi) is 18.0. The van der Waals surface area contributed by atoms with E-state index in [0.29, 0.717) is 47.6 Å². The second-order valence-corrected chi connectivity index (χ2v) is 41.4. The molecule has 1 atom stereocenters. The van der Waals surface area contributed by atoms with Crippen molar-refractivity contribution >= 4 is 170 Å². The highest BCUT2D eigenvalue weighted by atomic mass is 15.4. The Balaban J connectivity index is 0.0000000836. The van der Waals surface area contributed by atoms with Crippen LogP contribution in [-0.2, 0) is 39.1 Å². The Morgan fingerprint density at radius 3 is 1.51 bits per heavy atom. The first kappa shape index (κ1) is 82.0. The largest absolute Gasteiger partial charge is 0.358 e. The van der Waals surface area contributed by atoms with Gasteiger partial charge in [0.25, 0.3) is 40.6 Å². The highest BCUT2D eigenvalue weighted by Crippen LogP contribution is 2.56. The lowest BCUT2D eigenvalue weighted by Gasteiger charge is -2.33. The maximum absolute atomic E-state index is 4.82. The highest BCUT2D eigenvalue weighted by molar-refractivity contribution is 6.20. The van der Waals surface area contributed by atoms with Crippen LogP contribution in [0.3, 0.4) is 0 Å². The number of para-hydroxylation sites is 3. The summed E-state index contributed by atoms with van der Waals surface area (Å²) >= 11 is 0. The minimum atomic E-state index is 0.430. The molecule has 0 bridgehead atoms. The van der Waals surface area contributed by atoms with Crippen molar-refractivity contribution in [2.45, 2.75) is 184 Å². The zero-order valence-corrected chi connectivity index (χ0v) is 80.7. The van der Waals surface area contributed by atoms with Crippen molar-refractivity contribution in [3.05, 3.63) is 340 Å². The van der Waals surface area contributed by atoms with E-state index in [1.807, 2.05) is 67.9 Å². The number of fused-ring (bicyclic) bond motifs is 24. The van der Waals surface area contributed by atoms with Gasteiger partial charge < -0.3 is 9.80 Å². The predicted molar refractivity (Wildman–Crippen MR) is 554 cm³/mol. The van der Waals surface area contributed by atoms with Gasteiger partial charge in [-0.05, 0) is 141 Å². The van der Waals surface area contributed by atoms with Crippen LogP contribution in [0.1, 0.15) is 216 Å². The third-order valence-electron chi connectivity index (χ3n) is 31.1. The summed E-state index contributed by atoms with van der Waals surface area (Å²) < 4.78 is 23.1. The zero-order chi connectivity index (χ0) is 93.3. The number of hydrogen-bond acceptors (Lipinski definition) is 9. The molecule has 23 heterocycles. The van der Waals surface area contributed by atoms with Gasteiger partial charge in [-0.1, -0.05) is 255 Å². The van der Waals surface area contributed by atoms with Crippen molar-refractivity contribution in [3.8, 4) is 11.3 Å². The normalized spacial score (nSPS) is 14.6. The molecule has 0 saturated heterocycles. The van der Waals surface area contributed by atoms with Crippen LogP contribution in [-0.4, -0.2) is 76.0 Å². The molecule has 8 aliphatic heterocycles. The van der Waals surface area contributed by atoms with Crippen LogP contribution in [0, 0.1) is 0 Å². The van der Waals surface area contributed by atoms with E-state index in [1.54, 1.807) is 0 Å². The molecular weight excluding hydrogens is 1700 g/mol. The van der Waals surface area contributed by atoms with Crippen LogP contribution in [0.4, 0.5) is 5.69 Å². The third kappa shape index (κ3) is 11.4. The van der Waals surface area contributed by atoms with Gasteiger partial charge >= 0.3 is 0 Å². The molecule has 0 N–H and O–H groups in total. The lowest BCUT2D eigenvalue weighted by molar-refractivity contribution is -0.659. The van der Waals surface area contributed by atoms with E-state index < -0.39 is 0 Å². The molecule has 0 spiro atoms. The number of nitrogens with zero attached hydrogens (tertiary/aromatic N) is 19. The van der Waals surface area contributed by atoms with Crippen molar-refractivity contribution in [2.75, 3.05) is 11.9 Å². The summed E-state index contributed by atoms with van der Waals surface area (Å²) in [5.41, 5.74) is 42.8. The second-order valence-electron chi connectivity index (χ2n) is 41.4. The molecule has 0 aliphatic carbocycles. The Bertz CT molecular complexity index is 9520. The van der Waals surface area contributed by atoms with Crippen molar-refractivity contribution in [1.29, 1.82) is 0 Å². The molecule has 0 radical (unpaired) electrons. The number of anilines is 1. The average molecular weight is 1800 g/mol. The lowest BCUT2D eigenvalue weighted by Crippen LogP contribution is -2.35. The lowest BCUT2D eigenvalue weighted by atomic mass is 9.87. The molecule has 9 aromatic carbocycles. The molecular formula is C119H108N19+5. The summed E-state index contributed by atoms with van der Waals surface area (Å²) in [7, 11) is 2.18. The van der Waals surface area contributed by atoms with Crippen LogP contribution >= 0.6 is 0 Å². The number of rotatable bonds is 7. The molecule has 138 heavy (non-hydrogen) atoms. The maximum Gasteiger partial charge on any atom is 0.296 e. The summed E-state index contributed by atoms with van der Waals surface area (Å²) in [5, 5.41) is 27.9. The van der Waals surface area contributed by atoms with E-state index >= 15 is 0 Å². The molecule has 24 aromatic rings. The monoisotopic (exact) mass is 1800 g/mol. The first-order valence-electron chi connectivity index (χ1n) is 49.5. The summed E-state index contributed by atoms with van der Waals surface area (Å²) in [4.78, 5) is 28.7. The fraction of sp³-hybridized carbons (Fsp3) is 0.244. The minimum Gasteiger partial charge on any atom is -0.358 e. The molecule has 1 unspecified atom stereocenters. The molecule has 0 fully saturated rings. The number of aromatic nitrogens is 17. The quantitative estimate of drug-likeness (QED) is 0.113. The standard InChI is InChI=1S/2C22H18N3.C20H21N4.C19H19N3.2C18H16N3/c1-13(2)15-7-4-8-16-17-9-3-6-14-12-24-18-10-5-11-23-20(18)22(19(15)16)25(24)21(14)17;1-13(2)15-7-4-10-18-19(15)22-20-16(9-5-11-23-20)17-8-3-6-14-12-24(18)25(22)21(14)17;1-11(2)14-6-5-13-9-23-10-22-24-19-15(12(3)4)7-8-21-18(19)17(14)16(13)20(23)24;1-11(2)13-7-6-12-9-16-21(3)10-15-14-5-4-8-20-18(14)17(13)19(12)22(15)16;1-11(2)13-6-4-8-15-14-7-3-5-12-9-20-10-19-21(17(13)15)18(20)16(12)14;1-11(2)15-10-20-9-12-5-3-6-13-14-7-4-8-19-17(14)21(15)18(20)16(12)13/h2*3-11,13H,12H2,1-2H3;5-8,10-12H,9H2,1-4H3;4-8,10-11,16H,9H2,1-3H3;2*3-8,10-11H,9H2,1-2H3/q3*+1;;2*+1. The van der Waals surface area contributed by atoms with Gasteiger partial charge in [0.15, 0.2) is 22.2 Å². The molecule has 19 heteroatoms. The molecule has 8 aliphatic rings. The fourth-order valence-electron chi connectivity index (χ4n) is 25.1. The van der Waals surface area contributed by atoms with Crippen molar-refractivity contribution < 1.29 is 22.7 Å². The third-order valence-corrected chi connectivity index (χ3v) is 31.1. The fourth-order valence-corrected chi connectivity index (χ4v) is 25.1. The van der Waals surface area contributed by atoms with Crippen LogP contribution in [0.2, 0.25) is 0 Å². The van der Waals surface area contributed by atoms with Crippen LogP contribution < -0.4 is 27.6 Å². The van der Waals surface area contributed by atoms with Gasteiger partial charge in [-0.3, -0.25) is 9.97 Å². The van der Waals surface area contributed by atoms with Crippen LogP contribution in [0.5, 0.6) is 0 Å². The molecule has 32 rings (SSSR count). The Morgan fingerprint density at radius 1 is 0.341 bits per heavy atom. The van der Waals surface area contributed by atoms with E-state index in [9.17, 15) is 0 Å². The zero-order valence-electron chi connectivity index (χ0n) is 80.7. The molecule has 15 aromatic heterocycles. The van der Waals surface area contributed by atoms with E-state index in [-0.39, 0.29) is 0 Å². The van der Waals surface area contributed by atoms with Crippen molar-refractivity contribution in [2.24, 2.45) is 0 Å². The first-order valence-corrected chi connectivity index (χ1v) is 49.5. The van der Waals surface area contributed by atoms with Crippen molar-refractivity contribution in [1.82, 2.24) is 62.8 Å². The van der Waals surface area contributed by atoms with Gasteiger partial charge in [-0.15, -0.1) is 9.36 Å². The van der Waals surface area contributed by atoms with Gasteiger partial charge in [0.1, 0.15) is 54.1 Å². The highest BCUT2D eigenvalue weighted by Gasteiger charge is 2.46. The first-order chi connectivity index (χ1) is 67.3. The van der Waals surface area contributed by atoms with Gasteiger partial charge in [0.2, 0.25) is 16.7 Å².